The van der Waals surface area contributed by atoms with Gasteiger partial charge in [0.25, 0.3) is 0 Å². The van der Waals surface area contributed by atoms with Crippen molar-refractivity contribution in [3.63, 3.8) is 0 Å². The molecule has 0 aliphatic carbocycles. The first kappa shape index (κ1) is 16.3. The van der Waals surface area contributed by atoms with E-state index in [0.717, 1.165) is 27.8 Å². The van der Waals surface area contributed by atoms with Crippen LogP contribution < -0.4 is 10.5 Å². The molecule has 3 nitrogen and oxygen atoms in total. The standard InChI is InChI=1S/C16H18BrClN2O/c1-3-6-21-13-7-11(9-20-10-13)16(2,19)14-5-4-12(17)8-15(14)18/h4-5,7-10H,3,6,19H2,1-2H3. The molecule has 0 fully saturated rings. The number of nitrogens with zero attached hydrogens (tertiary/aromatic N) is 1. The molecule has 0 radical (unpaired) electrons. The minimum absolute atomic E-state index is 0.620. The maximum absolute atomic E-state index is 6.51. The van der Waals surface area contributed by atoms with Crippen LogP contribution in [0.3, 0.4) is 0 Å². The minimum atomic E-state index is -0.740. The summed E-state index contributed by atoms with van der Waals surface area (Å²) in [5, 5.41) is 0.620. The fourth-order valence-corrected chi connectivity index (χ4v) is 2.94. The summed E-state index contributed by atoms with van der Waals surface area (Å²) in [6.45, 7) is 4.64. The number of benzene rings is 1. The summed E-state index contributed by atoms with van der Waals surface area (Å²) in [5.41, 5.74) is 7.48. The lowest BCUT2D eigenvalue weighted by molar-refractivity contribution is 0.315. The van der Waals surface area contributed by atoms with Crippen molar-refractivity contribution in [1.29, 1.82) is 0 Å². The average Bonchev–Trinajstić information content (AvgIpc) is 2.45. The number of pyridine rings is 1. The number of hydrogen-bond acceptors (Lipinski definition) is 3. The topological polar surface area (TPSA) is 48.1 Å². The van der Waals surface area contributed by atoms with Crippen LogP contribution in [0.15, 0.2) is 41.1 Å². The van der Waals surface area contributed by atoms with Crippen molar-refractivity contribution in [3.05, 3.63) is 57.3 Å². The molecule has 0 saturated heterocycles. The van der Waals surface area contributed by atoms with Crippen molar-refractivity contribution < 1.29 is 4.74 Å². The van der Waals surface area contributed by atoms with E-state index in [0.29, 0.717) is 11.6 Å². The second kappa shape index (κ2) is 6.77. The molecular formula is C16H18BrClN2O. The van der Waals surface area contributed by atoms with Crippen LogP contribution in [0.2, 0.25) is 5.02 Å². The largest absolute Gasteiger partial charge is 0.492 e. The van der Waals surface area contributed by atoms with E-state index in [1.807, 2.05) is 31.2 Å². The number of halogens is 2. The zero-order valence-corrected chi connectivity index (χ0v) is 14.4. The molecule has 2 rings (SSSR count). The zero-order chi connectivity index (χ0) is 15.5. The normalized spacial score (nSPS) is 13.8. The number of rotatable bonds is 5. The summed E-state index contributed by atoms with van der Waals surface area (Å²) in [5.74, 6) is 0.722. The highest BCUT2D eigenvalue weighted by Crippen LogP contribution is 2.34. The lowest BCUT2D eigenvalue weighted by atomic mass is 9.86. The highest BCUT2D eigenvalue weighted by atomic mass is 79.9. The van der Waals surface area contributed by atoms with Crippen LogP contribution in [0.4, 0.5) is 0 Å². The molecule has 0 aliphatic heterocycles. The molecule has 0 amide bonds. The molecule has 1 aromatic carbocycles. The van der Waals surface area contributed by atoms with Gasteiger partial charge in [0.1, 0.15) is 5.75 Å². The predicted molar refractivity (Wildman–Crippen MR) is 89.8 cm³/mol. The Bertz CT molecular complexity index is 631. The molecule has 5 heteroatoms. The first-order valence-electron chi connectivity index (χ1n) is 6.78. The van der Waals surface area contributed by atoms with Crippen molar-refractivity contribution in [2.75, 3.05) is 6.61 Å². The SMILES string of the molecule is CCCOc1cncc(C(C)(N)c2ccc(Br)cc2Cl)c1. The van der Waals surface area contributed by atoms with Crippen molar-refractivity contribution in [2.45, 2.75) is 25.8 Å². The molecule has 2 aromatic rings. The molecular weight excluding hydrogens is 352 g/mol. The van der Waals surface area contributed by atoms with E-state index >= 15 is 0 Å². The van der Waals surface area contributed by atoms with Gasteiger partial charge in [-0.05, 0) is 42.7 Å². The molecule has 1 unspecified atom stereocenters. The van der Waals surface area contributed by atoms with Crippen LogP contribution >= 0.6 is 27.5 Å². The van der Waals surface area contributed by atoms with Gasteiger partial charge in [-0.15, -0.1) is 0 Å². The Kier molecular flexibility index (Phi) is 5.25. The second-order valence-corrected chi connectivity index (χ2v) is 6.41. The van der Waals surface area contributed by atoms with Gasteiger partial charge in [0.2, 0.25) is 0 Å². The van der Waals surface area contributed by atoms with Crippen molar-refractivity contribution >= 4 is 27.5 Å². The van der Waals surface area contributed by atoms with E-state index in [4.69, 9.17) is 22.1 Å². The summed E-state index contributed by atoms with van der Waals surface area (Å²) in [7, 11) is 0. The Morgan fingerprint density at radius 3 is 2.76 bits per heavy atom. The third kappa shape index (κ3) is 3.76. The molecule has 2 N–H and O–H groups in total. The highest BCUT2D eigenvalue weighted by molar-refractivity contribution is 9.10. The monoisotopic (exact) mass is 368 g/mol. The fraction of sp³-hybridized carbons (Fsp3) is 0.312. The minimum Gasteiger partial charge on any atom is -0.492 e. The van der Waals surface area contributed by atoms with E-state index in [-0.39, 0.29) is 0 Å². The molecule has 0 bridgehead atoms. The van der Waals surface area contributed by atoms with E-state index in [9.17, 15) is 0 Å². The predicted octanol–water partition coefficient (Wildman–Crippen LogP) is 4.51. The first-order chi connectivity index (χ1) is 9.95. The molecule has 0 saturated carbocycles. The van der Waals surface area contributed by atoms with Crippen LogP contribution in [0.1, 0.15) is 31.4 Å². The van der Waals surface area contributed by atoms with E-state index in [1.165, 1.54) is 0 Å². The number of ether oxygens (including phenoxy) is 1. The Hall–Kier alpha value is -1.10. The quantitative estimate of drug-likeness (QED) is 0.843. The van der Waals surface area contributed by atoms with Crippen LogP contribution in [-0.2, 0) is 5.54 Å². The van der Waals surface area contributed by atoms with Crippen molar-refractivity contribution in [3.8, 4) is 5.75 Å². The summed E-state index contributed by atoms with van der Waals surface area (Å²) >= 11 is 9.73. The van der Waals surface area contributed by atoms with Gasteiger partial charge < -0.3 is 10.5 Å². The lowest BCUT2D eigenvalue weighted by Crippen LogP contribution is -2.34. The lowest BCUT2D eigenvalue weighted by Gasteiger charge is -2.27. The Labute approximate surface area is 138 Å². The fourth-order valence-electron chi connectivity index (χ4n) is 2.07. The smallest absolute Gasteiger partial charge is 0.137 e. The molecule has 112 valence electrons. The Morgan fingerprint density at radius 1 is 1.33 bits per heavy atom. The zero-order valence-electron chi connectivity index (χ0n) is 12.1. The molecule has 0 aliphatic rings. The number of aromatic nitrogens is 1. The Balaban J connectivity index is 2.38. The van der Waals surface area contributed by atoms with Gasteiger partial charge in [-0.2, -0.15) is 0 Å². The average molecular weight is 370 g/mol. The number of hydrogen-bond donors (Lipinski definition) is 1. The molecule has 1 heterocycles. The van der Waals surface area contributed by atoms with Crippen molar-refractivity contribution in [1.82, 2.24) is 4.98 Å². The van der Waals surface area contributed by atoms with Crippen LogP contribution in [-0.4, -0.2) is 11.6 Å². The first-order valence-corrected chi connectivity index (χ1v) is 7.95. The van der Waals surface area contributed by atoms with E-state index < -0.39 is 5.54 Å². The van der Waals surface area contributed by atoms with E-state index in [1.54, 1.807) is 12.4 Å². The van der Waals surface area contributed by atoms with Crippen LogP contribution in [0, 0.1) is 0 Å². The van der Waals surface area contributed by atoms with Crippen LogP contribution in [0.25, 0.3) is 0 Å². The molecule has 1 aromatic heterocycles. The van der Waals surface area contributed by atoms with E-state index in [2.05, 4.69) is 27.8 Å². The summed E-state index contributed by atoms with van der Waals surface area (Å²) in [6.07, 6.45) is 4.39. The maximum atomic E-state index is 6.51. The van der Waals surface area contributed by atoms with Gasteiger partial charge in [0, 0.05) is 15.7 Å². The maximum Gasteiger partial charge on any atom is 0.137 e. The summed E-state index contributed by atoms with van der Waals surface area (Å²) < 4.78 is 6.54. The number of nitrogens with two attached hydrogens (primary N) is 1. The van der Waals surface area contributed by atoms with Gasteiger partial charge >= 0.3 is 0 Å². The van der Waals surface area contributed by atoms with Crippen LogP contribution in [0.5, 0.6) is 5.75 Å². The molecule has 0 spiro atoms. The highest BCUT2D eigenvalue weighted by Gasteiger charge is 2.27. The van der Waals surface area contributed by atoms with Crippen molar-refractivity contribution in [2.24, 2.45) is 5.73 Å². The summed E-state index contributed by atoms with van der Waals surface area (Å²) in [6, 6.07) is 7.61. The third-order valence-corrected chi connectivity index (χ3v) is 4.08. The molecule has 21 heavy (non-hydrogen) atoms. The summed E-state index contributed by atoms with van der Waals surface area (Å²) in [4.78, 5) is 4.22. The third-order valence-electron chi connectivity index (χ3n) is 3.28. The van der Waals surface area contributed by atoms with Gasteiger partial charge in [-0.1, -0.05) is 40.5 Å². The van der Waals surface area contributed by atoms with Gasteiger partial charge in [0.15, 0.2) is 0 Å². The molecule has 1 atom stereocenters. The Morgan fingerprint density at radius 2 is 2.10 bits per heavy atom. The second-order valence-electron chi connectivity index (χ2n) is 5.08. The van der Waals surface area contributed by atoms with Gasteiger partial charge in [-0.25, -0.2) is 0 Å². The van der Waals surface area contributed by atoms with Gasteiger partial charge in [0.05, 0.1) is 18.3 Å². The van der Waals surface area contributed by atoms with Gasteiger partial charge in [-0.3, -0.25) is 4.98 Å².